The second kappa shape index (κ2) is 4.31. The number of halogens is 1. The fraction of sp³-hybridized carbons (Fsp3) is 0.250. The van der Waals surface area contributed by atoms with Gasteiger partial charge in [-0.15, -0.1) is 11.3 Å². The second-order valence-corrected chi connectivity index (χ2v) is 4.84. The summed E-state index contributed by atoms with van der Waals surface area (Å²) in [6.45, 7) is 1.60. The van der Waals surface area contributed by atoms with E-state index in [2.05, 4.69) is 4.98 Å². The lowest BCUT2D eigenvalue weighted by molar-refractivity contribution is 0.0537. The van der Waals surface area contributed by atoms with Gasteiger partial charge >= 0.3 is 0 Å². The minimum Gasteiger partial charge on any atom is -0.385 e. The summed E-state index contributed by atoms with van der Waals surface area (Å²) in [6, 6.07) is 6.28. The van der Waals surface area contributed by atoms with E-state index in [1.165, 1.54) is 17.4 Å². The third-order valence-corrected chi connectivity index (χ3v) is 3.21. The van der Waals surface area contributed by atoms with Crippen molar-refractivity contribution in [1.29, 1.82) is 0 Å². The Morgan fingerprint density at radius 1 is 1.44 bits per heavy atom. The number of hydrogen-bond acceptors (Lipinski definition) is 3. The number of thiazole rings is 1. The van der Waals surface area contributed by atoms with Crippen molar-refractivity contribution in [3.8, 4) is 0 Å². The van der Waals surface area contributed by atoms with Crippen LogP contribution in [0.2, 0.25) is 0 Å². The average Bonchev–Trinajstić information content (AvgIpc) is 2.70. The molecule has 2 nitrogen and oxygen atoms in total. The number of nitrogens with zero attached hydrogens (tertiary/aromatic N) is 1. The van der Waals surface area contributed by atoms with Crippen LogP contribution in [0.3, 0.4) is 0 Å². The Balaban J connectivity index is 2.28. The van der Waals surface area contributed by atoms with Crippen LogP contribution in [-0.4, -0.2) is 10.1 Å². The molecule has 2 rings (SSSR count). The smallest absolute Gasteiger partial charge is 0.129 e. The van der Waals surface area contributed by atoms with Gasteiger partial charge in [0.1, 0.15) is 5.82 Å². The van der Waals surface area contributed by atoms with Crippen LogP contribution in [0.15, 0.2) is 35.8 Å². The van der Waals surface area contributed by atoms with Crippen molar-refractivity contribution >= 4 is 11.3 Å². The first-order valence-electron chi connectivity index (χ1n) is 4.95. The second-order valence-electron chi connectivity index (χ2n) is 3.86. The molecule has 0 aliphatic rings. The molecule has 16 heavy (non-hydrogen) atoms. The fourth-order valence-corrected chi connectivity index (χ4v) is 2.39. The normalized spacial score (nSPS) is 14.7. The summed E-state index contributed by atoms with van der Waals surface area (Å²) in [7, 11) is 0. The van der Waals surface area contributed by atoms with Crippen LogP contribution in [0.5, 0.6) is 0 Å². The molecule has 4 heteroatoms. The van der Waals surface area contributed by atoms with Gasteiger partial charge in [0.15, 0.2) is 0 Å². The molecule has 1 aromatic carbocycles. The van der Waals surface area contributed by atoms with E-state index in [-0.39, 0.29) is 5.82 Å². The monoisotopic (exact) mass is 237 g/mol. The molecule has 0 aliphatic carbocycles. The minimum atomic E-state index is -1.22. The van der Waals surface area contributed by atoms with Crippen LogP contribution >= 0.6 is 11.3 Å². The lowest BCUT2D eigenvalue weighted by Gasteiger charge is -2.23. The molecule has 0 fully saturated rings. The van der Waals surface area contributed by atoms with Crippen molar-refractivity contribution in [3.63, 3.8) is 0 Å². The Hall–Kier alpha value is -1.26. The summed E-state index contributed by atoms with van der Waals surface area (Å²) in [5.74, 6) is -0.385. The molecule has 0 spiro atoms. The molecule has 1 N–H and O–H groups in total. The van der Waals surface area contributed by atoms with E-state index in [1.54, 1.807) is 31.3 Å². The predicted octanol–water partition coefficient (Wildman–Crippen LogP) is 2.73. The number of rotatable bonds is 3. The summed E-state index contributed by atoms with van der Waals surface area (Å²) in [5, 5.41) is 12.9. The van der Waals surface area contributed by atoms with E-state index in [4.69, 9.17) is 0 Å². The first-order valence-corrected chi connectivity index (χ1v) is 5.83. The minimum absolute atomic E-state index is 0.310. The Labute approximate surface area is 97.4 Å². The standard InChI is InChI=1S/C12H12FNOS/c1-12(15,8-11-14-6-7-16-11)9-4-2-3-5-10(9)13/h2-7,15H,8H2,1H3. The summed E-state index contributed by atoms with van der Waals surface area (Å²) < 4.78 is 13.5. The summed E-state index contributed by atoms with van der Waals surface area (Å²) in [4.78, 5) is 4.09. The van der Waals surface area contributed by atoms with E-state index in [0.29, 0.717) is 12.0 Å². The fourth-order valence-electron chi connectivity index (χ4n) is 1.63. The van der Waals surface area contributed by atoms with Gasteiger partial charge in [0.25, 0.3) is 0 Å². The molecule has 0 saturated carbocycles. The van der Waals surface area contributed by atoms with E-state index < -0.39 is 5.60 Å². The third kappa shape index (κ3) is 2.28. The van der Waals surface area contributed by atoms with Gasteiger partial charge in [0.05, 0.1) is 10.6 Å². The summed E-state index contributed by atoms with van der Waals surface area (Å²) in [6.07, 6.45) is 2.00. The van der Waals surface area contributed by atoms with Gasteiger partial charge in [-0.3, -0.25) is 0 Å². The Morgan fingerprint density at radius 3 is 2.81 bits per heavy atom. The first kappa shape index (κ1) is 11.2. The Morgan fingerprint density at radius 2 is 2.19 bits per heavy atom. The number of hydrogen-bond donors (Lipinski definition) is 1. The van der Waals surface area contributed by atoms with Crippen molar-refractivity contribution in [2.45, 2.75) is 18.9 Å². The average molecular weight is 237 g/mol. The molecule has 2 aromatic rings. The molecule has 0 bridgehead atoms. The van der Waals surface area contributed by atoms with Crippen LogP contribution in [0.4, 0.5) is 4.39 Å². The van der Waals surface area contributed by atoms with Crippen LogP contribution in [-0.2, 0) is 12.0 Å². The van der Waals surface area contributed by atoms with Crippen molar-refractivity contribution in [2.24, 2.45) is 0 Å². The van der Waals surface area contributed by atoms with Crippen LogP contribution in [0.1, 0.15) is 17.5 Å². The molecular formula is C12H12FNOS. The van der Waals surface area contributed by atoms with Crippen molar-refractivity contribution in [3.05, 3.63) is 52.2 Å². The highest BCUT2D eigenvalue weighted by atomic mass is 32.1. The molecule has 0 saturated heterocycles. The zero-order valence-corrected chi connectivity index (χ0v) is 9.67. The largest absolute Gasteiger partial charge is 0.385 e. The lowest BCUT2D eigenvalue weighted by Crippen LogP contribution is -2.25. The van der Waals surface area contributed by atoms with Gasteiger partial charge < -0.3 is 5.11 Å². The predicted molar refractivity (Wildman–Crippen MR) is 61.8 cm³/mol. The zero-order chi connectivity index (χ0) is 11.6. The first-order chi connectivity index (χ1) is 7.59. The highest BCUT2D eigenvalue weighted by Gasteiger charge is 2.27. The van der Waals surface area contributed by atoms with Gasteiger partial charge in [0.2, 0.25) is 0 Å². The quantitative estimate of drug-likeness (QED) is 0.890. The molecule has 1 aromatic heterocycles. The summed E-state index contributed by atoms with van der Waals surface area (Å²) >= 11 is 1.46. The molecule has 0 amide bonds. The molecular weight excluding hydrogens is 225 g/mol. The molecule has 1 heterocycles. The highest BCUT2D eigenvalue weighted by molar-refractivity contribution is 7.09. The van der Waals surface area contributed by atoms with Crippen LogP contribution in [0, 0.1) is 5.82 Å². The molecule has 1 unspecified atom stereocenters. The van der Waals surface area contributed by atoms with Crippen molar-refractivity contribution in [2.75, 3.05) is 0 Å². The van der Waals surface area contributed by atoms with Crippen molar-refractivity contribution in [1.82, 2.24) is 4.98 Å². The highest BCUT2D eigenvalue weighted by Crippen LogP contribution is 2.27. The van der Waals surface area contributed by atoms with Gasteiger partial charge in [0, 0.05) is 23.6 Å². The van der Waals surface area contributed by atoms with Crippen LogP contribution < -0.4 is 0 Å². The molecule has 84 valence electrons. The molecule has 0 radical (unpaired) electrons. The van der Waals surface area contributed by atoms with E-state index >= 15 is 0 Å². The van der Waals surface area contributed by atoms with Crippen LogP contribution in [0.25, 0.3) is 0 Å². The molecule has 0 aliphatic heterocycles. The van der Waals surface area contributed by atoms with Gasteiger partial charge in [-0.2, -0.15) is 0 Å². The van der Waals surface area contributed by atoms with Crippen molar-refractivity contribution < 1.29 is 9.50 Å². The zero-order valence-electron chi connectivity index (χ0n) is 8.85. The summed E-state index contributed by atoms with van der Waals surface area (Å²) in [5.41, 5.74) is -0.909. The molecule has 1 atom stereocenters. The van der Waals surface area contributed by atoms with E-state index in [9.17, 15) is 9.50 Å². The number of aliphatic hydroxyl groups is 1. The number of benzene rings is 1. The Bertz CT molecular complexity index is 468. The van der Waals surface area contributed by atoms with E-state index in [0.717, 1.165) is 5.01 Å². The maximum absolute atomic E-state index is 13.5. The maximum Gasteiger partial charge on any atom is 0.129 e. The number of aromatic nitrogens is 1. The van der Waals surface area contributed by atoms with E-state index in [1.807, 2.05) is 5.38 Å². The van der Waals surface area contributed by atoms with Gasteiger partial charge in [-0.1, -0.05) is 18.2 Å². The Kier molecular flexibility index (Phi) is 3.03. The van der Waals surface area contributed by atoms with Gasteiger partial charge in [-0.05, 0) is 13.0 Å². The third-order valence-electron chi connectivity index (χ3n) is 2.43. The SMILES string of the molecule is CC(O)(Cc1nccs1)c1ccccc1F. The topological polar surface area (TPSA) is 33.1 Å². The lowest BCUT2D eigenvalue weighted by atomic mass is 9.92. The van der Waals surface area contributed by atoms with Gasteiger partial charge in [-0.25, -0.2) is 9.37 Å². The maximum atomic E-state index is 13.5.